The van der Waals surface area contributed by atoms with Gasteiger partial charge >= 0.3 is 0 Å². The van der Waals surface area contributed by atoms with Crippen LogP contribution in [0.1, 0.15) is 36.0 Å². The number of carbonyl (C=O) groups is 1. The zero-order chi connectivity index (χ0) is 19.5. The van der Waals surface area contributed by atoms with Crippen LogP contribution in [0, 0.1) is 19.8 Å². The lowest BCUT2D eigenvalue weighted by atomic mass is 9.80. The van der Waals surface area contributed by atoms with E-state index in [2.05, 4.69) is 19.1 Å². The maximum Gasteiger partial charge on any atom is 0.207 e. The second kappa shape index (κ2) is 8.19. The van der Waals surface area contributed by atoms with Gasteiger partial charge in [-0.2, -0.15) is 0 Å². The number of benzene rings is 2. The van der Waals surface area contributed by atoms with E-state index < -0.39 is 0 Å². The molecule has 0 bridgehead atoms. The van der Waals surface area contributed by atoms with Gasteiger partial charge in [0.2, 0.25) is 11.5 Å². The molecule has 0 N–H and O–H groups in total. The monoisotopic (exact) mass is 378 g/mol. The van der Waals surface area contributed by atoms with Crippen LogP contribution in [-0.2, 0) is 20.9 Å². The van der Waals surface area contributed by atoms with Gasteiger partial charge in [0.15, 0.2) is 0 Å². The van der Waals surface area contributed by atoms with Crippen LogP contribution in [-0.4, -0.2) is 18.0 Å². The minimum absolute atomic E-state index is 0.0363. The number of rotatable bonds is 5. The Hall–Kier alpha value is -2.59. The average Bonchev–Trinajstić information content (AvgIpc) is 2.71. The molecule has 0 radical (unpaired) electrons. The van der Waals surface area contributed by atoms with E-state index in [1.165, 1.54) is 17.4 Å². The van der Waals surface area contributed by atoms with E-state index in [-0.39, 0.29) is 23.9 Å². The molecule has 28 heavy (non-hydrogen) atoms. The van der Waals surface area contributed by atoms with Crippen LogP contribution < -0.4 is 4.74 Å². The minimum atomic E-state index is -0.149. The maximum atomic E-state index is 12.8. The van der Waals surface area contributed by atoms with E-state index in [1.807, 2.05) is 43.3 Å². The second-order valence-electron chi connectivity index (χ2n) is 7.72. The highest BCUT2D eigenvalue weighted by atomic mass is 16.5. The Labute approximate surface area is 166 Å². The molecular weight excluding hydrogens is 352 g/mol. The van der Waals surface area contributed by atoms with E-state index in [0.717, 1.165) is 24.8 Å². The number of allylic oxidation sites excluding steroid dienone is 1. The van der Waals surface area contributed by atoms with Crippen molar-refractivity contribution in [3.05, 3.63) is 77.2 Å². The number of hydrogen-bond donors (Lipinski definition) is 0. The molecule has 0 amide bonds. The molecule has 1 aliphatic carbocycles. The lowest BCUT2D eigenvalue weighted by Gasteiger charge is -2.37. The maximum absolute atomic E-state index is 12.8. The van der Waals surface area contributed by atoms with E-state index in [1.54, 1.807) is 0 Å². The molecule has 3 atom stereocenters. The summed E-state index contributed by atoms with van der Waals surface area (Å²) in [4.78, 5) is 12.8. The molecule has 0 saturated heterocycles. The molecule has 2 aliphatic rings. The highest BCUT2D eigenvalue weighted by molar-refractivity contribution is 5.96. The van der Waals surface area contributed by atoms with Crippen molar-refractivity contribution in [3.8, 4) is 5.75 Å². The highest BCUT2D eigenvalue weighted by Crippen LogP contribution is 2.35. The fourth-order valence-electron chi connectivity index (χ4n) is 3.87. The summed E-state index contributed by atoms with van der Waals surface area (Å²) in [6.45, 7) is 4.71. The first-order valence-corrected chi connectivity index (χ1v) is 9.90. The zero-order valence-corrected chi connectivity index (χ0v) is 16.4. The van der Waals surface area contributed by atoms with Gasteiger partial charge in [0.1, 0.15) is 18.1 Å². The summed E-state index contributed by atoms with van der Waals surface area (Å²) in [7, 11) is 0. The first-order chi connectivity index (χ1) is 13.6. The summed E-state index contributed by atoms with van der Waals surface area (Å²) in [6, 6.07) is 15.9. The Morgan fingerprint density at radius 3 is 2.61 bits per heavy atom. The number of hydrogen-bond acceptors (Lipinski definition) is 4. The molecule has 4 heteroatoms. The van der Waals surface area contributed by atoms with Crippen LogP contribution in [0.3, 0.4) is 0 Å². The molecule has 1 saturated carbocycles. The van der Waals surface area contributed by atoms with Crippen LogP contribution in [0.15, 0.2) is 60.6 Å². The third kappa shape index (κ3) is 4.12. The van der Waals surface area contributed by atoms with Gasteiger partial charge < -0.3 is 14.2 Å². The third-order valence-electron chi connectivity index (χ3n) is 5.66. The lowest BCUT2D eigenvalue weighted by Crippen LogP contribution is -2.42. The molecule has 2 aromatic carbocycles. The SMILES string of the molecule is Cc1ccc(OC2=COC3CC(OCc4ccccc4C)CCC3C2=O)cc1. The van der Waals surface area contributed by atoms with Crippen molar-refractivity contribution in [2.24, 2.45) is 5.92 Å². The normalized spacial score (nSPS) is 24.1. The van der Waals surface area contributed by atoms with Crippen molar-refractivity contribution in [3.63, 3.8) is 0 Å². The molecule has 1 heterocycles. The first kappa shape index (κ1) is 18.8. The van der Waals surface area contributed by atoms with Crippen LogP contribution >= 0.6 is 0 Å². The number of aryl methyl sites for hydroxylation is 2. The molecule has 1 aliphatic heterocycles. The Morgan fingerprint density at radius 2 is 1.82 bits per heavy atom. The van der Waals surface area contributed by atoms with Crippen molar-refractivity contribution in [2.45, 2.75) is 51.9 Å². The Kier molecular flexibility index (Phi) is 5.49. The van der Waals surface area contributed by atoms with Gasteiger partial charge in [-0.05, 0) is 49.9 Å². The summed E-state index contributed by atoms with van der Waals surface area (Å²) in [5.41, 5.74) is 3.59. The van der Waals surface area contributed by atoms with Crippen LogP contribution in [0.2, 0.25) is 0 Å². The fourth-order valence-corrected chi connectivity index (χ4v) is 3.87. The molecular formula is C24H26O4. The van der Waals surface area contributed by atoms with Crippen LogP contribution in [0.4, 0.5) is 0 Å². The predicted octanol–water partition coefficient (Wildman–Crippen LogP) is 4.88. The second-order valence-corrected chi connectivity index (χ2v) is 7.72. The molecule has 3 unspecified atom stereocenters. The smallest absolute Gasteiger partial charge is 0.207 e. The molecule has 4 rings (SSSR count). The fraction of sp³-hybridized carbons (Fsp3) is 0.375. The quantitative estimate of drug-likeness (QED) is 0.744. The van der Waals surface area contributed by atoms with Crippen molar-refractivity contribution in [1.82, 2.24) is 0 Å². The summed E-state index contributed by atoms with van der Waals surface area (Å²) in [6.07, 6.45) is 3.82. The highest BCUT2D eigenvalue weighted by Gasteiger charge is 2.41. The topological polar surface area (TPSA) is 44.8 Å². The standard InChI is InChI=1S/C24H26O4/c1-16-7-9-19(10-8-16)28-23-15-27-22-13-20(11-12-21(22)24(23)25)26-14-18-6-4-3-5-17(18)2/h3-10,15,20-22H,11-14H2,1-2H3. The summed E-state index contributed by atoms with van der Waals surface area (Å²) in [5.74, 6) is 0.838. The Bertz CT molecular complexity index is 868. The van der Waals surface area contributed by atoms with E-state index in [9.17, 15) is 4.79 Å². The van der Waals surface area contributed by atoms with Gasteiger partial charge in [0, 0.05) is 6.42 Å². The van der Waals surface area contributed by atoms with E-state index >= 15 is 0 Å². The minimum Gasteiger partial charge on any atom is -0.493 e. The average molecular weight is 378 g/mol. The number of ether oxygens (including phenoxy) is 3. The van der Waals surface area contributed by atoms with E-state index in [0.29, 0.717) is 18.1 Å². The van der Waals surface area contributed by atoms with Gasteiger partial charge in [-0.1, -0.05) is 42.0 Å². The predicted molar refractivity (Wildman–Crippen MR) is 107 cm³/mol. The van der Waals surface area contributed by atoms with Crippen molar-refractivity contribution in [2.75, 3.05) is 0 Å². The molecule has 4 nitrogen and oxygen atoms in total. The molecule has 0 spiro atoms. The van der Waals surface area contributed by atoms with Gasteiger partial charge in [-0.25, -0.2) is 0 Å². The van der Waals surface area contributed by atoms with Gasteiger partial charge in [-0.3, -0.25) is 4.79 Å². The van der Waals surface area contributed by atoms with Gasteiger partial charge in [-0.15, -0.1) is 0 Å². The van der Waals surface area contributed by atoms with Crippen molar-refractivity contribution in [1.29, 1.82) is 0 Å². The van der Waals surface area contributed by atoms with Crippen LogP contribution in [0.5, 0.6) is 5.75 Å². The number of ketones is 1. The zero-order valence-electron chi connectivity index (χ0n) is 16.4. The number of carbonyl (C=O) groups excluding carboxylic acids is 1. The van der Waals surface area contributed by atoms with Crippen molar-refractivity contribution >= 4 is 5.78 Å². The van der Waals surface area contributed by atoms with Gasteiger partial charge in [0.25, 0.3) is 0 Å². The molecule has 1 fully saturated rings. The first-order valence-electron chi connectivity index (χ1n) is 9.90. The number of Topliss-reactive ketones (excluding diaryl/α,β-unsaturated/α-hetero) is 1. The summed E-state index contributed by atoms with van der Waals surface area (Å²) < 4.78 is 17.8. The Balaban J connectivity index is 1.35. The Morgan fingerprint density at radius 1 is 1.04 bits per heavy atom. The summed E-state index contributed by atoms with van der Waals surface area (Å²) in [5, 5.41) is 0. The lowest BCUT2D eigenvalue weighted by molar-refractivity contribution is -0.134. The largest absolute Gasteiger partial charge is 0.493 e. The molecule has 146 valence electrons. The van der Waals surface area contributed by atoms with Gasteiger partial charge in [0.05, 0.1) is 18.6 Å². The molecule has 2 aromatic rings. The van der Waals surface area contributed by atoms with Crippen LogP contribution in [0.25, 0.3) is 0 Å². The molecule has 0 aromatic heterocycles. The van der Waals surface area contributed by atoms with E-state index in [4.69, 9.17) is 14.2 Å². The number of fused-ring (bicyclic) bond motifs is 1. The third-order valence-corrected chi connectivity index (χ3v) is 5.66. The summed E-state index contributed by atoms with van der Waals surface area (Å²) >= 11 is 0. The van der Waals surface area contributed by atoms with Crippen molar-refractivity contribution < 1.29 is 19.0 Å².